The van der Waals surface area contributed by atoms with Gasteiger partial charge in [-0.2, -0.15) is 0 Å². The van der Waals surface area contributed by atoms with Crippen LogP contribution in [-0.4, -0.2) is 10.2 Å². The standard InChI is InChI=1S/C19H24F2N2S/c1-2-3-4-5-13-6-8-14(9-7-13)18-22-23-19(24-18)16-11-10-15(20)12-17(16)21/h10-14H,2-9H2,1H3. The van der Waals surface area contributed by atoms with E-state index in [1.54, 1.807) is 0 Å². The van der Waals surface area contributed by atoms with Crippen LogP contribution in [0.15, 0.2) is 18.2 Å². The summed E-state index contributed by atoms with van der Waals surface area (Å²) in [5.41, 5.74) is 0.341. The Hall–Kier alpha value is -1.36. The van der Waals surface area contributed by atoms with Crippen molar-refractivity contribution in [3.05, 3.63) is 34.8 Å². The van der Waals surface area contributed by atoms with Crippen LogP contribution in [0.4, 0.5) is 8.78 Å². The number of nitrogens with zero attached hydrogens (tertiary/aromatic N) is 2. The summed E-state index contributed by atoms with van der Waals surface area (Å²) in [6, 6.07) is 3.61. The molecule has 0 aliphatic heterocycles. The van der Waals surface area contributed by atoms with Crippen LogP contribution < -0.4 is 0 Å². The normalized spacial score (nSPS) is 21.1. The van der Waals surface area contributed by atoms with E-state index in [0.29, 0.717) is 16.5 Å². The van der Waals surface area contributed by atoms with E-state index in [4.69, 9.17) is 0 Å². The lowest BCUT2D eigenvalue weighted by Gasteiger charge is -2.27. The lowest BCUT2D eigenvalue weighted by molar-refractivity contribution is 0.302. The molecule has 0 saturated heterocycles. The average molecular weight is 350 g/mol. The summed E-state index contributed by atoms with van der Waals surface area (Å²) in [5, 5.41) is 9.98. The van der Waals surface area contributed by atoms with Crippen molar-refractivity contribution in [3.8, 4) is 10.6 Å². The zero-order valence-electron chi connectivity index (χ0n) is 14.1. The molecule has 0 spiro atoms. The molecule has 24 heavy (non-hydrogen) atoms. The van der Waals surface area contributed by atoms with E-state index in [-0.39, 0.29) is 0 Å². The summed E-state index contributed by atoms with van der Waals surface area (Å²) >= 11 is 1.45. The third-order valence-electron chi connectivity index (χ3n) is 5.01. The zero-order valence-corrected chi connectivity index (χ0v) is 14.9. The number of benzene rings is 1. The van der Waals surface area contributed by atoms with E-state index in [9.17, 15) is 8.78 Å². The van der Waals surface area contributed by atoms with E-state index in [1.165, 1.54) is 62.0 Å². The molecule has 0 amide bonds. The molecule has 0 radical (unpaired) electrons. The molecule has 1 aromatic carbocycles. The molecule has 2 nitrogen and oxygen atoms in total. The highest BCUT2D eigenvalue weighted by molar-refractivity contribution is 7.14. The number of rotatable bonds is 6. The van der Waals surface area contributed by atoms with Crippen molar-refractivity contribution in [1.29, 1.82) is 0 Å². The summed E-state index contributed by atoms with van der Waals surface area (Å²) in [5.74, 6) is 0.164. The van der Waals surface area contributed by atoms with Crippen LogP contribution in [0.1, 0.15) is 69.2 Å². The molecule has 2 aromatic rings. The summed E-state index contributed by atoms with van der Waals surface area (Å²) < 4.78 is 26.9. The SMILES string of the molecule is CCCCCC1CCC(c2nnc(-c3ccc(F)cc3F)s2)CC1. The maximum atomic E-state index is 13.9. The van der Waals surface area contributed by atoms with Crippen molar-refractivity contribution >= 4 is 11.3 Å². The Kier molecular flexibility index (Phi) is 5.93. The molecule has 130 valence electrons. The Bertz CT molecular complexity index is 663. The highest BCUT2D eigenvalue weighted by Crippen LogP contribution is 2.40. The van der Waals surface area contributed by atoms with Gasteiger partial charge in [-0.25, -0.2) is 8.78 Å². The third-order valence-corrected chi connectivity index (χ3v) is 6.13. The number of hydrogen-bond donors (Lipinski definition) is 0. The van der Waals surface area contributed by atoms with Gasteiger partial charge in [-0.3, -0.25) is 0 Å². The molecule has 0 unspecified atom stereocenters. The minimum Gasteiger partial charge on any atom is -0.207 e. The van der Waals surface area contributed by atoms with Crippen LogP contribution in [0, 0.1) is 17.6 Å². The Morgan fingerprint density at radius 2 is 1.88 bits per heavy atom. The van der Waals surface area contributed by atoms with Crippen molar-refractivity contribution < 1.29 is 8.78 Å². The van der Waals surface area contributed by atoms with Crippen LogP contribution in [-0.2, 0) is 0 Å². The van der Waals surface area contributed by atoms with Crippen molar-refractivity contribution in [2.45, 2.75) is 64.2 Å². The molecule has 5 heteroatoms. The Morgan fingerprint density at radius 3 is 2.58 bits per heavy atom. The molecule has 1 fully saturated rings. The molecule has 1 saturated carbocycles. The van der Waals surface area contributed by atoms with Crippen LogP contribution >= 0.6 is 11.3 Å². The van der Waals surface area contributed by atoms with Gasteiger partial charge in [0.05, 0.1) is 0 Å². The summed E-state index contributed by atoms with van der Waals surface area (Å²) in [4.78, 5) is 0. The van der Waals surface area contributed by atoms with Gasteiger partial charge >= 0.3 is 0 Å². The molecule has 0 atom stereocenters. The van der Waals surface area contributed by atoms with Gasteiger partial charge in [-0.15, -0.1) is 10.2 Å². The molecular weight excluding hydrogens is 326 g/mol. The second-order valence-electron chi connectivity index (χ2n) is 6.78. The quantitative estimate of drug-likeness (QED) is 0.568. The molecule has 0 N–H and O–H groups in total. The summed E-state index contributed by atoms with van der Waals surface area (Å²) in [7, 11) is 0. The van der Waals surface area contributed by atoms with Gasteiger partial charge in [0.25, 0.3) is 0 Å². The number of halogens is 2. The monoisotopic (exact) mass is 350 g/mol. The average Bonchev–Trinajstić information content (AvgIpc) is 3.05. The fourth-order valence-electron chi connectivity index (χ4n) is 3.55. The summed E-state index contributed by atoms with van der Waals surface area (Å²) in [6.07, 6.45) is 10.1. The molecule has 3 rings (SSSR count). The predicted octanol–water partition coefficient (Wildman–Crippen LogP) is 6.34. The maximum absolute atomic E-state index is 13.9. The number of hydrogen-bond acceptors (Lipinski definition) is 3. The zero-order chi connectivity index (χ0) is 16.9. The van der Waals surface area contributed by atoms with Gasteiger partial charge in [0.2, 0.25) is 0 Å². The minimum atomic E-state index is -0.572. The first-order valence-corrected chi connectivity index (χ1v) is 9.77. The highest BCUT2D eigenvalue weighted by atomic mass is 32.1. The van der Waals surface area contributed by atoms with E-state index in [0.717, 1.165) is 29.8 Å². The highest BCUT2D eigenvalue weighted by Gasteiger charge is 2.25. The molecular formula is C19H24F2N2S. The van der Waals surface area contributed by atoms with Gasteiger partial charge in [-0.1, -0.05) is 43.9 Å². The van der Waals surface area contributed by atoms with Crippen molar-refractivity contribution in [2.24, 2.45) is 5.92 Å². The first-order chi connectivity index (χ1) is 11.7. The fourth-order valence-corrected chi connectivity index (χ4v) is 4.59. The largest absolute Gasteiger partial charge is 0.207 e. The topological polar surface area (TPSA) is 25.8 Å². The Labute approximate surface area is 146 Å². The molecule has 1 heterocycles. The van der Waals surface area contributed by atoms with Gasteiger partial charge in [0.1, 0.15) is 16.6 Å². The first kappa shape index (κ1) is 17.5. The van der Waals surface area contributed by atoms with Crippen LogP contribution in [0.25, 0.3) is 10.6 Å². The maximum Gasteiger partial charge on any atom is 0.150 e. The molecule has 1 aliphatic carbocycles. The predicted molar refractivity (Wildman–Crippen MR) is 94.1 cm³/mol. The second-order valence-corrected chi connectivity index (χ2v) is 7.79. The number of aromatic nitrogens is 2. The lowest BCUT2D eigenvalue weighted by Crippen LogP contribution is -2.13. The smallest absolute Gasteiger partial charge is 0.150 e. The van der Waals surface area contributed by atoms with Gasteiger partial charge in [0, 0.05) is 17.5 Å². The van der Waals surface area contributed by atoms with Crippen molar-refractivity contribution in [2.75, 3.05) is 0 Å². The molecule has 1 aromatic heterocycles. The Balaban J connectivity index is 1.60. The van der Waals surface area contributed by atoms with Crippen LogP contribution in [0.3, 0.4) is 0 Å². The minimum absolute atomic E-state index is 0.341. The van der Waals surface area contributed by atoms with E-state index in [2.05, 4.69) is 17.1 Å². The molecule has 0 bridgehead atoms. The van der Waals surface area contributed by atoms with Gasteiger partial charge < -0.3 is 0 Å². The lowest BCUT2D eigenvalue weighted by atomic mass is 9.80. The van der Waals surface area contributed by atoms with Crippen molar-refractivity contribution in [3.63, 3.8) is 0 Å². The number of unbranched alkanes of at least 4 members (excludes halogenated alkanes) is 2. The second kappa shape index (κ2) is 8.15. The van der Waals surface area contributed by atoms with Crippen molar-refractivity contribution in [1.82, 2.24) is 10.2 Å². The van der Waals surface area contributed by atoms with Gasteiger partial charge in [0.15, 0.2) is 5.01 Å². The first-order valence-electron chi connectivity index (χ1n) is 8.96. The van der Waals surface area contributed by atoms with Gasteiger partial charge in [-0.05, 0) is 43.7 Å². The van der Waals surface area contributed by atoms with E-state index in [1.807, 2.05) is 0 Å². The van der Waals surface area contributed by atoms with E-state index >= 15 is 0 Å². The van der Waals surface area contributed by atoms with Crippen LogP contribution in [0.5, 0.6) is 0 Å². The summed E-state index contributed by atoms with van der Waals surface area (Å²) in [6.45, 7) is 2.24. The fraction of sp³-hybridized carbons (Fsp3) is 0.579. The third kappa shape index (κ3) is 4.18. The van der Waals surface area contributed by atoms with Crippen LogP contribution in [0.2, 0.25) is 0 Å². The van der Waals surface area contributed by atoms with E-state index < -0.39 is 11.6 Å². The Morgan fingerprint density at radius 1 is 1.08 bits per heavy atom. The molecule has 1 aliphatic rings.